The summed E-state index contributed by atoms with van der Waals surface area (Å²) in [5.41, 5.74) is 0.995. The quantitative estimate of drug-likeness (QED) is 0.454. The second-order valence-electron chi connectivity index (χ2n) is 8.04. The number of carbonyl (C=O) groups excluding carboxylic acids is 6. The maximum atomic E-state index is 12.4. The first-order valence-electron chi connectivity index (χ1n) is 10.9. The highest BCUT2D eigenvalue weighted by atomic mass is 16.2. The zero-order chi connectivity index (χ0) is 23.5. The van der Waals surface area contributed by atoms with Crippen LogP contribution >= 0.6 is 0 Å². The number of nitrogens with zero attached hydrogens (tertiary/aromatic N) is 2. The van der Waals surface area contributed by atoms with E-state index in [0.29, 0.717) is 35.5 Å². The maximum absolute atomic E-state index is 12.4. The summed E-state index contributed by atoms with van der Waals surface area (Å²) in [6, 6.07) is 12.7. The topological polar surface area (TPSA) is 109 Å². The van der Waals surface area contributed by atoms with E-state index < -0.39 is 35.4 Å². The van der Waals surface area contributed by atoms with E-state index in [9.17, 15) is 28.8 Å². The van der Waals surface area contributed by atoms with Crippen LogP contribution in [0.25, 0.3) is 0 Å². The second-order valence-corrected chi connectivity index (χ2v) is 8.04. The minimum Gasteiger partial charge on any atom is -0.274 e. The second kappa shape index (κ2) is 9.28. The zero-order valence-corrected chi connectivity index (χ0v) is 17.9. The van der Waals surface area contributed by atoms with E-state index in [0.717, 1.165) is 6.42 Å². The fraction of sp³-hybridized carbons (Fsp3) is 0.280. The maximum Gasteiger partial charge on any atom is 0.268 e. The van der Waals surface area contributed by atoms with Crippen LogP contribution in [0.1, 0.15) is 86.4 Å². The van der Waals surface area contributed by atoms with Gasteiger partial charge in [-0.1, -0.05) is 43.5 Å². The van der Waals surface area contributed by atoms with Gasteiger partial charge in [0.05, 0.1) is 22.3 Å². The summed E-state index contributed by atoms with van der Waals surface area (Å²) in [5, 5.41) is 0. The van der Waals surface area contributed by atoms with E-state index in [1.807, 2.05) is 0 Å². The van der Waals surface area contributed by atoms with Crippen LogP contribution in [0.4, 0.5) is 0 Å². The van der Waals surface area contributed by atoms with E-state index >= 15 is 0 Å². The zero-order valence-electron chi connectivity index (χ0n) is 17.9. The number of fused-ring (bicyclic) bond motifs is 2. The summed E-state index contributed by atoms with van der Waals surface area (Å²) in [5.74, 6) is -3.33. The van der Waals surface area contributed by atoms with Crippen molar-refractivity contribution in [2.75, 3.05) is 0 Å². The van der Waals surface area contributed by atoms with Crippen molar-refractivity contribution < 1.29 is 28.8 Å². The van der Waals surface area contributed by atoms with Crippen molar-refractivity contribution in [2.24, 2.45) is 0 Å². The van der Waals surface area contributed by atoms with Crippen molar-refractivity contribution in [2.45, 2.75) is 44.9 Å². The Morgan fingerprint density at radius 2 is 0.758 bits per heavy atom. The van der Waals surface area contributed by atoms with E-state index in [4.69, 9.17) is 0 Å². The Bertz CT molecular complexity index is 1020. The largest absolute Gasteiger partial charge is 0.274 e. The molecule has 0 radical (unpaired) electrons. The average molecular weight is 446 g/mol. The molecule has 0 saturated carbocycles. The summed E-state index contributed by atoms with van der Waals surface area (Å²) in [6.07, 6.45) is 3.31. The molecule has 0 aliphatic carbocycles. The Labute approximate surface area is 190 Å². The van der Waals surface area contributed by atoms with Gasteiger partial charge in [-0.05, 0) is 37.1 Å². The highest BCUT2D eigenvalue weighted by Gasteiger charge is 2.40. The predicted octanol–water partition coefficient (Wildman–Crippen LogP) is 3.36. The van der Waals surface area contributed by atoms with Crippen LogP contribution in [0.2, 0.25) is 0 Å². The first-order chi connectivity index (χ1) is 15.9. The Balaban J connectivity index is 1.16. The van der Waals surface area contributed by atoms with Gasteiger partial charge >= 0.3 is 0 Å². The molecular weight excluding hydrogens is 424 g/mol. The van der Waals surface area contributed by atoms with Crippen LogP contribution in [-0.2, 0) is 9.59 Å². The molecule has 0 N–H and O–H groups in total. The molecule has 2 aromatic carbocycles. The molecule has 8 heteroatoms. The number of hydrogen-bond acceptors (Lipinski definition) is 6. The number of hydrogen-bond donors (Lipinski definition) is 0. The third-order valence-corrected chi connectivity index (χ3v) is 5.87. The average Bonchev–Trinajstić information content (AvgIpc) is 3.23. The minimum absolute atomic E-state index is 0.0828. The third-order valence-electron chi connectivity index (χ3n) is 5.87. The van der Waals surface area contributed by atoms with Crippen LogP contribution in [0.5, 0.6) is 0 Å². The Morgan fingerprint density at radius 1 is 0.485 bits per heavy atom. The van der Waals surface area contributed by atoms with Crippen molar-refractivity contribution >= 4 is 35.4 Å². The lowest BCUT2D eigenvalue weighted by molar-refractivity contribution is -0.127. The molecule has 0 bridgehead atoms. The van der Waals surface area contributed by atoms with Crippen molar-refractivity contribution in [3.63, 3.8) is 0 Å². The molecule has 168 valence electrons. The Morgan fingerprint density at radius 3 is 1.06 bits per heavy atom. The molecular formula is C25H22N2O6. The van der Waals surface area contributed by atoms with Gasteiger partial charge in [-0.25, -0.2) is 9.80 Å². The van der Waals surface area contributed by atoms with Gasteiger partial charge in [0.25, 0.3) is 23.6 Å². The lowest BCUT2D eigenvalue weighted by atomic mass is 10.1. The summed E-state index contributed by atoms with van der Waals surface area (Å²) in [6.45, 7) is 0. The number of carbonyl (C=O) groups is 6. The lowest BCUT2D eigenvalue weighted by Gasteiger charge is -2.12. The minimum atomic E-state index is -0.577. The number of amides is 6. The van der Waals surface area contributed by atoms with Crippen LogP contribution in [0, 0.1) is 0 Å². The summed E-state index contributed by atoms with van der Waals surface area (Å²) < 4.78 is 0. The number of rotatable bonds is 8. The third kappa shape index (κ3) is 4.11. The standard InChI is InChI=1S/C25H22N2O6/c28-20(26-22(30)16-10-6-7-11-17(16)23(26)31)14-4-2-1-3-5-15-21(29)27-24(32)18-12-8-9-13-19(18)25(27)33/h6-13H,1-5,14-15H2. The first-order valence-corrected chi connectivity index (χ1v) is 10.9. The van der Waals surface area contributed by atoms with Crippen molar-refractivity contribution in [1.82, 2.24) is 9.80 Å². The van der Waals surface area contributed by atoms with Crippen LogP contribution in [0.15, 0.2) is 48.5 Å². The molecule has 0 spiro atoms. The molecule has 0 saturated heterocycles. The van der Waals surface area contributed by atoms with Crippen molar-refractivity contribution in [1.29, 1.82) is 0 Å². The molecule has 2 aliphatic rings. The molecule has 8 nitrogen and oxygen atoms in total. The highest BCUT2D eigenvalue weighted by molar-refractivity contribution is 6.29. The fourth-order valence-electron chi connectivity index (χ4n) is 4.14. The van der Waals surface area contributed by atoms with E-state index in [1.54, 1.807) is 24.3 Å². The molecule has 6 amide bonds. The summed E-state index contributed by atoms with van der Waals surface area (Å²) >= 11 is 0. The fourth-order valence-corrected chi connectivity index (χ4v) is 4.14. The number of unbranched alkanes of at least 4 members (excludes halogenated alkanes) is 4. The Kier molecular flexibility index (Phi) is 6.26. The number of benzene rings is 2. The van der Waals surface area contributed by atoms with Crippen molar-refractivity contribution in [3.8, 4) is 0 Å². The predicted molar refractivity (Wildman–Crippen MR) is 116 cm³/mol. The molecule has 0 aromatic heterocycles. The molecule has 0 fully saturated rings. The van der Waals surface area contributed by atoms with E-state index in [1.165, 1.54) is 24.3 Å². The van der Waals surface area contributed by atoms with Gasteiger partial charge in [-0.2, -0.15) is 0 Å². The van der Waals surface area contributed by atoms with Gasteiger partial charge in [0, 0.05) is 12.8 Å². The smallest absolute Gasteiger partial charge is 0.268 e. The molecule has 33 heavy (non-hydrogen) atoms. The molecule has 0 atom stereocenters. The first kappa shape index (κ1) is 22.3. The SMILES string of the molecule is O=C(CCCCCCCC(=O)N1C(=O)c2ccccc2C1=O)N1C(=O)c2ccccc2C1=O. The van der Waals surface area contributed by atoms with E-state index in [2.05, 4.69) is 0 Å². The molecule has 2 heterocycles. The summed E-state index contributed by atoms with van der Waals surface area (Å²) in [4.78, 5) is 75.5. The monoisotopic (exact) mass is 446 g/mol. The van der Waals surface area contributed by atoms with Crippen molar-refractivity contribution in [3.05, 3.63) is 70.8 Å². The van der Waals surface area contributed by atoms with Crippen LogP contribution in [0.3, 0.4) is 0 Å². The van der Waals surface area contributed by atoms with Gasteiger partial charge < -0.3 is 0 Å². The summed E-state index contributed by atoms with van der Waals surface area (Å²) in [7, 11) is 0. The van der Waals surface area contributed by atoms with Gasteiger partial charge in [0.15, 0.2) is 0 Å². The highest BCUT2D eigenvalue weighted by Crippen LogP contribution is 2.25. The van der Waals surface area contributed by atoms with Gasteiger partial charge in [0.2, 0.25) is 11.8 Å². The number of imide groups is 6. The van der Waals surface area contributed by atoms with Gasteiger partial charge in [-0.3, -0.25) is 28.8 Å². The molecule has 4 rings (SSSR count). The normalized spacial score (nSPS) is 14.7. The van der Waals surface area contributed by atoms with Crippen LogP contribution in [-0.4, -0.2) is 45.2 Å². The van der Waals surface area contributed by atoms with Gasteiger partial charge in [0.1, 0.15) is 0 Å². The lowest BCUT2D eigenvalue weighted by Crippen LogP contribution is -2.36. The van der Waals surface area contributed by atoms with Gasteiger partial charge in [-0.15, -0.1) is 0 Å². The molecule has 2 aliphatic heterocycles. The Hall–Kier alpha value is -3.94. The molecule has 2 aromatic rings. The van der Waals surface area contributed by atoms with Crippen LogP contribution < -0.4 is 0 Å². The van der Waals surface area contributed by atoms with E-state index in [-0.39, 0.29) is 35.1 Å². The molecule has 0 unspecified atom stereocenters.